The molecule has 2 aromatic rings. The first kappa shape index (κ1) is 13.9. The number of rotatable bonds is 5. The van der Waals surface area contributed by atoms with Gasteiger partial charge < -0.3 is 15.4 Å². The van der Waals surface area contributed by atoms with E-state index in [0.717, 1.165) is 17.0 Å². The number of benzene rings is 2. The summed E-state index contributed by atoms with van der Waals surface area (Å²) in [5.74, 6) is 0.799. The first-order chi connectivity index (χ1) is 9.74. The van der Waals surface area contributed by atoms with Gasteiger partial charge in [-0.1, -0.05) is 30.3 Å². The normalized spacial score (nSPS) is 9.85. The van der Waals surface area contributed by atoms with Gasteiger partial charge in [0, 0.05) is 5.69 Å². The van der Waals surface area contributed by atoms with Crippen molar-refractivity contribution in [1.29, 1.82) is 0 Å². The summed E-state index contributed by atoms with van der Waals surface area (Å²) in [7, 11) is 0. The van der Waals surface area contributed by atoms with E-state index in [0.29, 0.717) is 13.2 Å². The van der Waals surface area contributed by atoms with Crippen molar-refractivity contribution in [2.24, 2.45) is 0 Å². The molecule has 0 fully saturated rings. The first-order valence-corrected chi connectivity index (χ1v) is 6.53. The van der Waals surface area contributed by atoms with Crippen LogP contribution >= 0.6 is 0 Å². The summed E-state index contributed by atoms with van der Waals surface area (Å²) in [6.07, 6.45) is 0. The summed E-state index contributed by atoms with van der Waals surface area (Å²) in [5, 5.41) is 5.52. The monoisotopic (exact) mass is 270 g/mol. The van der Waals surface area contributed by atoms with Crippen LogP contribution in [0.15, 0.2) is 54.6 Å². The molecule has 4 heteroatoms. The second-order valence-electron chi connectivity index (χ2n) is 4.41. The average molecular weight is 270 g/mol. The Morgan fingerprint density at radius 2 is 1.90 bits per heavy atom. The Balaban J connectivity index is 1.68. The number of amides is 2. The van der Waals surface area contributed by atoms with Crippen LogP contribution in [0.1, 0.15) is 5.56 Å². The molecule has 2 N–H and O–H groups in total. The fourth-order valence-corrected chi connectivity index (χ4v) is 1.75. The molecule has 0 atom stereocenters. The highest BCUT2D eigenvalue weighted by atomic mass is 16.5. The molecule has 0 aliphatic carbocycles. The Morgan fingerprint density at radius 1 is 1.10 bits per heavy atom. The van der Waals surface area contributed by atoms with E-state index in [2.05, 4.69) is 10.6 Å². The van der Waals surface area contributed by atoms with Crippen LogP contribution in [0.4, 0.5) is 10.5 Å². The van der Waals surface area contributed by atoms with Crippen molar-refractivity contribution in [1.82, 2.24) is 5.32 Å². The van der Waals surface area contributed by atoms with Crippen molar-refractivity contribution in [2.45, 2.75) is 6.92 Å². The van der Waals surface area contributed by atoms with Gasteiger partial charge in [-0.15, -0.1) is 0 Å². The molecule has 0 spiro atoms. The van der Waals surface area contributed by atoms with E-state index in [4.69, 9.17) is 4.74 Å². The number of nitrogens with one attached hydrogen (secondary N) is 2. The summed E-state index contributed by atoms with van der Waals surface area (Å²) in [4.78, 5) is 11.7. The molecule has 0 bridgehead atoms. The minimum absolute atomic E-state index is 0.229. The van der Waals surface area contributed by atoms with Crippen molar-refractivity contribution < 1.29 is 9.53 Å². The molecule has 2 rings (SSSR count). The zero-order valence-electron chi connectivity index (χ0n) is 11.4. The fraction of sp³-hybridized carbons (Fsp3) is 0.188. The van der Waals surface area contributed by atoms with Gasteiger partial charge in [0.2, 0.25) is 0 Å². The molecule has 2 aromatic carbocycles. The lowest BCUT2D eigenvalue weighted by atomic mass is 10.2. The van der Waals surface area contributed by atoms with E-state index in [1.807, 2.05) is 61.5 Å². The van der Waals surface area contributed by atoms with Gasteiger partial charge in [0.15, 0.2) is 0 Å². The number of hydrogen-bond acceptors (Lipinski definition) is 2. The van der Waals surface area contributed by atoms with Crippen molar-refractivity contribution in [2.75, 3.05) is 18.5 Å². The van der Waals surface area contributed by atoms with Crippen LogP contribution in [0.2, 0.25) is 0 Å². The Bertz CT molecular complexity index is 555. The maximum absolute atomic E-state index is 11.7. The second-order valence-corrected chi connectivity index (χ2v) is 4.41. The molecule has 0 aliphatic heterocycles. The molecule has 20 heavy (non-hydrogen) atoms. The molecule has 104 valence electrons. The lowest BCUT2D eigenvalue weighted by Crippen LogP contribution is -2.32. The van der Waals surface area contributed by atoms with Crippen LogP contribution in [0.5, 0.6) is 5.75 Å². The summed E-state index contributed by atoms with van der Waals surface area (Å²) >= 11 is 0. The van der Waals surface area contributed by atoms with Gasteiger partial charge in [-0.3, -0.25) is 0 Å². The molecular weight excluding hydrogens is 252 g/mol. The summed E-state index contributed by atoms with van der Waals surface area (Å²) in [6, 6.07) is 16.9. The quantitative estimate of drug-likeness (QED) is 0.820. The van der Waals surface area contributed by atoms with Crippen molar-refractivity contribution in [3.8, 4) is 5.75 Å². The van der Waals surface area contributed by atoms with Gasteiger partial charge in [0.1, 0.15) is 12.4 Å². The van der Waals surface area contributed by atoms with E-state index in [1.54, 1.807) is 0 Å². The molecule has 2 amide bonds. The van der Waals surface area contributed by atoms with Crippen LogP contribution in [0.25, 0.3) is 0 Å². The molecule has 0 heterocycles. The highest BCUT2D eigenvalue weighted by Gasteiger charge is 2.01. The number of ether oxygens (including phenoxy) is 1. The summed E-state index contributed by atoms with van der Waals surface area (Å²) in [6.45, 7) is 2.87. The summed E-state index contributed by atoms with van der Waals surface area (Å²) < 4.78 is 5.48. The predicted octanol–water partition coefficient (Wildman–Crippen LogP) is 3.20. The second kappa shape index (κ2) is 7.19. The smallest absolute Gasteiger partial charge is 0.319 e. The zero-order chi connectivity index (χ0) is 14.2. The Labute approximate surface area is 118 Å². The van der Waals surface area contributed by atoms with Gasteiger partial charge in [-0.25, -0.2) is 4.79 Å². The van der Waals surface area contributed by atoms with Gasteiger partial charge in [0.25, 0.3) is 0 Å². The van der Waals surface area contributed by atoms with E-state index in [9.17, 15) is 4.79 Å². The van der Waals surface area contributed by atoms with Crippen molar-refractivity contribution >= 4 is 11.7 Å². The number of para-hydroxylation sites is 1. The van der Waals surface area contributed by atoms with Crippen LogP contribution in [-0.4, -0.2) is 19.2 Å². The molecule has 0 aromatic heterocycles. The van der Waals surface area contributed by atoms with Gasteiger partial charge in [-0.05, 0) is 36.8 Å². The molecule has 0 aliphatic rings. The minimum Gasteiger partial charge on any atom is -0.492 e. The fourth-order valence-electron chi connectivity index (χ4n) is 1.75. The Hall–Kier alpha value is -2.49. The molecule has 4 nitrogen and oxygen atoms in total. The highest BCUT2D eigenvalue weighted by molar-refractivity contribution is 5.89. The van der Waals surface area contributed by atoms with Gasteiger partial charge in [0.05, 0.1) is 6.54 Å². The Morgan fingerprint density at radius 3 is 2.65 bits per heavy atom. The van der Waals surface area contributed by atoms with E-state index in [-0.39, 0.29) is 6.03 Å². The van der Waals surface area contributed by atoms with E-state index < -0.39 is 0 Å². The molecular formula is C16H18N2O2. The predicted molar refractivity (Wildman–Crippen MR) is 80.1 cm³/mol. The van der Waals surface area contributed by atoms with Gasteiger partial charge >= 0.3 is 6.03 Å². The van der Waals surface area contributed by atoms with Crippen LogP contribution in [0, 0.1) is 6.92 Å². The van der Waals surface area contributed by atoms with E-state index >= 15 is 0 Å². The number of hydrogen-bond donors (Lipinski definition) is 2. The number of carbonyl (C=O) groups is 1. The number of urea groups is 1. The highest BCUT2D eigenvalue weighted by Crippen LogP contribution is 2.09. The molecule has 0 unspecified atom stereocenters. The molecule has 0 saturated carbocycles. The number of carbonyl (C=O) groups excluding carboxylic acids is 1. The third kappa shape index (κ3) is 4.65. The topological polar surface area (TPSA) is 50.4 Å². The average Bonchev–Trinajstić information content (AvgIpc) is 2.45. The third-order valence-electron chi connectivity index (χ3n) is 2.68. The SMILES string of the molecule is Cc1cccc(NC(=O)NCCOc2ccccc2)c1. The molecule has 0 radical (unpaired) electrons. The number of aryl methyl sites for hydroxylation is 1. The zero-order valence-corrected chi connectivity index (χ0v) is 11.4. The third-order valence-corrected chi connectivity index (χ3v) is 2.68. The van der Waals surface area contributed by atoms with Crippen LogP contribution in [-0.2, 0) is 0 Å². The largest absolute Gasteiger partial charge is 0.492 e. The maximum atomic E-state index is 11.7. The van der Waals surface area contributed by atoms with Crippen molar-refractivity contribution in [3.63, 3.8) is 0 Å². The van der Waals surface area contributed by atoms with Crippen LogP contribution < -0.4 is 15.4 Å². The lowest BCUT2D eigenvalue weighted by molar-refractivity contribution is 0.247. The minimum atomic E-state index is -0.229. The molecule has 0 saturated heterocycles. The van der Waals surface area contributed by atoms with E-state index in [1.165, 1.54) is 0 Å². The summed E-state index contributed by atoms with van der Waals surface area (Å²) in [5.41, 5.74) is 1.89. The van der Waals surface area contributed by atoms with Crippen molar-refractivity contribution in [3.05, 3.63) is 60.2 Å². The van der Waals surface area contributed by atoms with Crippen LogP contribution in [0.3, 0.4) is 0 Å². The standard InChI is InChI=1S/C16H18N2O2/c1-13-6-5-7-14(12-13)18-16(19)17-10-11-20-15-8-3-2-4-9-15/h2-9,12H,10-11H2,1H3,(H2,17,18,19). The first-order valence-electron chi connectivity index (χ1n) is 6.53. The Kier molecular flexibility index (Phi) is 5.00. The maximum Gasteiger partial charge on any atom is 0.319 e. The lowest BCUT2D eigenvalue weighted by Gasteiger charge is -2.09. The van der Waals surface area contributed by atoms with Gasteiger partial charge in [-0.2, -0.15) is 0 Å². The number of anilines is 1.